The molecule has 150 valence electrons. The summed E-state index contributed by atoms with van der Waals surface area (Å²) in [6, 6.07) is 13.4. The van der Waals surface area contributed by atoms with Crippen LogP contribution in [0.4, 0.5) is 5.69 Å². The van der Waals surface area contributed by atoms with Crippen LogP contribution >= 0.6 is 0 Å². The van der Waals surface area contributed by atoms with Crippen molar-refractivity contribution in [3.05, 3.63) is 53.6 Å². The minimum Gasteiger partial charge on any atom is -0.493 e. The first kappa shape index (κ1) is 20.0. The number of benzene rings is 2. The zero-order valence-corrected chi connectivity index (χ0v) is 16.9. The summed E-state index contributed by atoms with van der Waals surface area (Å²) in [6.45, 7) is 7.62. The van der Waals surface area contributed by atoms with Gasteiger partial charge in [-0.2, -0.15) is 0 Å². The number of rotatable bonds is 8. The molecule has 3 rings (SSSR count). The maximum absolute atomic E-state index is 13.1. The Bertz CT molecular complexity index is 822. The Morgan fingerprint density at radius 1 is 1.11 bits per heavy atom. The van der Waals surface area contributed by atoms with Crippen LogP contribution in [0.5, 0.6) is 11.5 Å². The molecule has 1 aliphatic rings. The highest BCUT2D eigenvalue weighted by molar-refractivity contribution is 6.01. The summed E-state index contributed by atoms with van der Waals surface area (Å²) < 4.78 is 16.6. The van der Waals surface area contributed by atoms with Gasteiger partial charge in [0.25, 0.3) is 5.91 Å². The fraction of sp³-hybridized carbons (Fsp3) is 0.409. The van der Waals surface area contributed by atoms with E-state index in [9.17, 15) is 4.79 Å². The third kappa shape index (κ3) is 4.07. The lowest BCUT2D eigenvalue weighted by atomic mass is 10.0. The second-order valence-corrected chi connectivity index (χ2v) is 6.85. The van der Waals surface area contributed by atoms with Crippen molar-refractivity contribution in [2.45, 2.75) is 33.0 Å². The van der Waals surface area contributed by atoms with E-state index < -0.39 is 0 Å². The fourth-order valence-electron chi connectivity index (χ4n) is 3.37. The van der Waals surface area contributed by atoms with Crippen LogP contribution < -0.4 is 14.8 Å². The lowest BCUT2D eigenvalue weighted by Gasteiger charge is -2.40. The van der Waals surface area contributed by atoms with Crippen LogP contribution in [-0.4, -0.2) is 43.8 Å². The Morgan fingerprint density at radius 2 is 1.89 bits per heavy atom. The number of fused-ring (bicyclic) bond motifs is 1. The first-order valence-corrected chi connectivity index (χ1v) is 9.63. The van der Waals surface area contributed by atoms with Gasteiger partial charge in [-0.3, -0.25) is 4.79 Å². The smallest absolute Gasteiger partial charge is 0.258 e. The predicted octanol–water partition coefficient (Wildman–Crippen LogP) is 4.09. The lowest BCUT2D eigenvalue weighted by molar-refractivity contribution is 0.0616. The van der Waals surface area contributed by atoms with Gasteiger partial charge in [-0.25, -0.2) is 0 Å². The first-order chi connectivity index (χ1) is 13.6. The topological polar surface area (TPSA) is 60.0 Å². The molecule has 28 heavy (non-hydrogen) atoms. The van der Waals surface area contributed by atoms with Crippen molar-refractivity contribution in [2.75, 3.05) is 32.2 Å². The van der Waals surface area contributed by atoms with Crippen LogP contribution in [0.2, 0.25) is 0 Å². The summed E-state index contributed by atoms with van der Waals surface area (Å²) >= 11 is 0. The zero-order valence-electron chi connectivity index (χ0n) is 16.9. The molecule has 1 amide bonds. The lowest BCUT2D eigenvalue weighted by Crippen LogP contribution is -2.46. The van der Waals surface area contributed by atoms with Crippen LogP contribution in [0.3, 0.4) is 0 Å². The van der Waals surface area contributed by atoms with Gasteiger partial charge in [0.1, 0.15) is 12.8 Å². The average Bonchev–Trinajstić information content (AvgIpc) is 2.71. The van der Waals surface area contributed by atoms with Gasteiger partial charge in [-0.1, -0.05) is 18.2 Å². The SMILES string of the molecule is CCOCCOc1ccc(C2Nc3ccccc3C(=O)N2C(C)C)cc1OC. The van der Waals surface area contributed by atoms with Crippen molar-refractivity contribution < 1.29 is 19.0 Å². The Morgan fingerprint density at radius 3 is 2.61 bits per heavy atom. The number of carbonyl (C=O) groups excluding carboxylic acids is 1. The molecule has 6 heteroatoms. The third-order valence-corrected chi connectivity index (χ3v) is 4.71. The summed E-state index contributed by atoms with van der Waals surface area (Å²) in [5.41, 5.74) is 2.46. The van der Waals surface area contributed by atoms with Gasteiger partial charge in [0, 0.05) is 18.3 Å². The largest absolute Gasteiger partial charge is 0.493 e. The minimum atomic E-state index is -0.284. The van der Waals surface area contributed by atoms with Crippen LogP contribution in [-0.2, 0) is 4.74 Å². The number of carbonyl (C=O) groups is 1. The highest BCUT2D eigenvalue weighted by Gasteiger charge is 2.34. The van der Waals surface area contributed by atoms with Gasteiger partial charge in [0.15, 0.2) is 11.5 Å². The molecular weight excluding hydrogens is 356 g/mol. The number of nitrogens with zero attached hydrogens (tertiary/aromatic N) is 1. The van der Waals surface area contributed by atoms with Gasteiger partial charge in [-0.05, 0) is 50.6 Å². The first-order valence-electron chi connectivity index (χ1n) is 9.63. The Hall–Kier alpha value is -2.73. The molecule has 0 saturated heterocycles. The quantitative estimate of drug-likeness (QED) is 0.695. The molecule has 0 saturated carbocycles. The molecule has 2 aromatic carbocycles. The number of para-hydroxylation sites is 1. The Balaban J connectivity index is 1.89. The van der Waals surface area contributed by atoms with E-state index in [1.54, 1.807) is 7.11 Å². The summed E-state index contributed by atoms with van der Waals surface area (Å²) in [6.07, 6.45) is -0.284. The van der Waals surface area contributed by atoms with E-state index in [1.807, 2.05) is 68.1 Å². The number of ether oxygens (including phenoxy) is 3. The normalized spacial score (nSPS) is 16.0. The van der Waals surface area contributed by atoms with Crippen LogP contribution in [0, 0.1) is 0 Å². The van der Waals surface area contributed by atoms with Gasteiger partial charge < -0.3 is 24.4 Å². The van der Waals surface area contributed by atoms with E-state index in [0.717, 1.165) is 11.3 Å². The molecule has 1 heterocycles. The molecule has 1 N–H and O–H groups in total. The van der Waals surface area contributed by atoms with Crippen LogP contribution in [0.1, 0.15) is 42.9 Å². The third-order valence-electron chi connectivity index (χ3n) is 4.71. The van der Waals surface area contributed by atoms with E-state index >= 15 is 0 Å². The van der Waals surface area contributed by atoms with Gasteiger partial charge in [0.2, 0.25) is 0 Å². The maximum atomic E-state index is 13.1. The molecule has 6 nitrogen and oxygen atoms in total. The number of amides is 1. The summed E-state index contributed by atoms with van der Waals surface area (Å²) in [5, 5.41) is 3.49. The van der Waals surface area contributed by atoms with Crippen molar-refractivity contribution in [3.8, 4) is 11.5 Å². The van der Waals surface area contributed by atoms with Gasteiger partial charge >= 0.3 is 0 Å². The fourth-order valence-corrected chi connectivity index (χ4v) is 3.37. The highest BCUT2D eigenvalue weighted by atomic mass is 16.5. The number of methoxy groups -OCH3 is 1. The number of anilines is 1. The molecular formula is C22H28N2O4. The molecule has 2 aromatic rings. The molecule has 0 bridgehead atoms. The van der Waals surface area contributed by atoms with Crippen molar-refractivity contribution in [2.24, 2.45) is 0 Å². The molecule has 1 atom stereocenters. The molecule has 1 unspecified atom stereocenters. The van der Waals surface area contributed by atoms with Crippen molar-refractivity contribution in [1.29, 1.82) is 0 Å². The molecule has 0 aromatic heterocycles. The van der Waals surface area contributed by atoms with Crippen LogP contribution in [0.15, 0.2) is 42.5 Å². The molecule has 0 fully saturated rings. The van der Waals surface area contributed by atoms with E-state index in [1.165, 1.54) is 0 Å². The van der Waals surface area contributed by atoms with Crippen molar-refractivity contribution in [3.63, 3.8) is 0 Å². The second-order valence-electron chi connectivity index (χ2n) is 6.85. The predicted molar refractivity (Wildman–Crippen MR) is 109 cm³/mol. The van der Waals surface area contributed by atoms with E-state index in [-0.39, 0.29) is 18.1 Å². The van der Waals surface area contributed by atoms with Crippen molar-refractivity contribution >= 4 is 11.6 Å². The monoisotopic (exact) mass is 384 g/mol. The maximum Gasteiger partial charge on any atom is 0.258 e. The minimum absolute atomic E-state index is 0.0188. The van der Waals surface area contributed by atoms with Crippen molar-refractivity contribution in [1.82, 2.24) is 4.90 Å². The van der Waals surface area contributed by atoms with E-state index in [4.69, 9.17) is 14.2 Å². The summed E-state index contributed by atoms with van der Waals surface area (Å²) in [4.78, 5) is 14.9. The standard InChI is InChI=1S/C22H28N2O4/c1-5-27-12-13-28-19-11-10-16(14-20(19)26-4)21-23-18-9-7-6-8-17(18)22(25)24(21)15(2)3/h6-11,14-15,21,23H,5,12-13H2,1-4H3. The number of nitrogens with one attached hydrogen (secondary N) is 1. The van der Waals surface area contributed by atoms with E-state index in [2.05, 4.69) is 5.32 Å². The molecule has 0 aliphatic carbocycles. The second kappa shape index (κ2) is 8.97. The van der Waals surface area contributed by atoms with Gasteiger partial charge in [-0.15, -0.1) is 0 Å². The van der Waals surface area contributed by atoms with Gasteiger partial charge in [0.05, 0.1) is 19.3 Å². The molecule has 0 spiro atoms. The Labute approximate surface area is 166 Å². The summed E-state index contributed by atoms with van der Waals surface area (Å²) in [5.74, 6) is 1.31. The highest BCUT2D eigenvalue weighted by Crippen LogP contribution is 2.37. The summed E-state index contributed by atoms with van der Waals surface area (Å²) in [7, 11) is 1.61. The molecule has 1 aliphatic heterocycles. The molecule has 0 radical (unpaired) electrons. The average molecular weight is 384 g/mol. The number of hydrogen-bond donors (Lipinski definition) is 1. The van der Waals surface area contributed by atoms with Crippen LogP contribution in [0.25, 0.3) is 0 Å². The number of hydrogen-bond acceptors (Lipinski definition) is 5. The van der Waals surface area contributed by atoms with E-state index in [0.29, 0.717) is 36.9 Å². The Kier molecular flexibility index (Phi) is 6.41. The zero-order chi connectivity index (χ0) is 20.1.